The lowest BCUT2D eigenvalue weighted by atomic mass is 10.1. The number of hydrogen-bond acceptors (Lipinski definition) is 10. The summed E-state index contributed by atoms with van der Waals surface area (Å²) in [5.41, 5.74) is 7.50. The summed E-state index contributed by atoms with van der Waals surface area (Å²) in [6.45, 7) is 7.20. The Bertz CT molecular complexity index is 1020. The minimum atomic E-state index is -0.636. The van der Waals surface area contributed by atoms with Gasteiger partial charge in [0.1, 0.15) is 6.54 Å². The molecule has 1 aromatic heterocycles. The summed E-state index contributed by atoms with van der Waals surface area (Å²) in [6.07, 6.45) is 4.08. The first-order valence-corrected chi connectivity index (χ1v) is 12.1. The molecule has 2 N–H and O–H groups in total. The van der Waals surface area contributed by atoms with E-state index in [9.17, 15) is 14.9 Å². The minimum absolute atomic E-state index is 0. The maximum Gasteiger partial charge on any atom is 0.353 e. The highest BCUT2D eigenvalue weighted by Crippen LogP contribution is 2.33. The summed E-state index contributed by atoms with van der Waals surface area (Å²) in [4.78, 5) is 35.8. The van der Waals surface area contributed by atoms with Crippen molar-refractivity contribution >= 4 is 35.7 Å². The number of anilines is 2. The number of nitrogen functional groups attached to an aromatic ring is 1. The first-order valence-electron chi connectivity index (χ1n) is 12.1. The van der Waals surface area contributed by atoms with Crippen LogP contribution in [0, 0.1) is 10.1 Å². The molecule has 0 amide bonds. The van der Waals surface area contributed by atoms with Crippen LogP contribution in [0.3, 0.4) is 0 Å². The highest BCUT2D eigenvalue weighted by molar-refractivity contribution is 5.85. The van der Waals surface area contributed by atoms with E-state index in [0.717, 1.165) is 43.6 Å². The minimum Gasteiger partial charge on any atom is -0.465 e. The molecule has 0 saturated carbocycles. The van der Waals surface area contributed by atoms with Crippen LogP contribution in [0.4, 0.5) is 17.3 Å². The largest absolute Gasteiger partial charge is 0.465 e. The molecular formula is C24H35ClN6O5. The van der Waals surface area contributed by atoms with Crippen molar-refractivity contribution in [3.05, 3.63) is 45.5 Å². The Morgan fingerprint density at radius 2 is 1.94 bits per heavy atom. The number of hydrogen-bond donors (Lipinski definition) is 1. The van der Waals surface area contributed by atoms with Crippen LogP contribution in [0.1, 0.15) is 50.7 Å². The molecule has 12 heteroatoms. The molecule has 1 aromatic carbocycles. The number of halogens is 1. The molecule has 2 aromatic rings. The quantitative estimate of drug-likeness (QED) is 0.179. The van der Waals surface area contributed by atoms with Gasteiger partial charge in [0.15, 0.2) is 0 Å². The molecule has 1 saturated heterocycles. The summed E-state index contributed by atoms with van der Waals surface area (Å²) in [5, 5.41) is 11.9. The molecule has 0 unspecified atom stereocenters. The van der Waals surface area contributed by atoms with Crippen molar-refractivity contribution in [2.75, 3.05) is 43.5 Å². The number of nitro groups is 1. The third-order valence-electron chi connectivity index (χ3n) is 5.68. The third-order valence-corrected chi connectivity index (χ3v) is 5.68. The van der Waals surface area contributed by atoms with Crippen LogP contribution in [-0.4, -0.2) is 58.6 Å². The molecule has 0 spiro atoms. The van der Waals surface area contributed by atoms with E-state index in [0.29, 0.717) is 6.61 Å². The number of carbonyl (C=O) groups is 1. The molecule has 11 nitrogen and oxygen atoms in total. The van der Waals surface area contributed by atoms with Crippen LogP contribution in [0.2, 0.25) is 0 Å². The van der Waals surface area contributed by atoms with E-state index >= 15 is 0 Å². The van der Waals surface area contributed by atoms with Crippen molar-refractivity contribution in [3.8, 4) is 6.01 Å². The van der Waals surface area contributed by atoms with Gasteiger partial charge in [-0.05, 0) is 50.4 Å². The highest BCUT2D eigenvalue weighted by atomic mass is 35.5. The summed E-state index contributed by atoms with van der Waals surface area (Å²) >= 11 is 0. The highest BCUT2D eigenvalue weighted by Gasteiger charge is 2.29. The van der Waals surface area contributed by atoms with Gasteiger partial charge in [-0.3, -0.25) is 19.8 Å². The van der Waals surface area contributed by atoms with Gasteiger partial charge in [0, 0.05) is 13.1 Å². The van der Waals surface area contributed by atoms with E-state index in [-0.39, 0.29) is 49.7 Å². The van der Waals surface area contributed by atoms with Gasteiger partial charge >= 0.3 is 17.7 Å². The molecule has 2 heterocycles. The number of likely N-dealkylation sites (tertiary alicyclic amines) is 1. The molecule has 1 aliphatic rings. The van der Waals surface area contributed by atoms with E-state index < -0.39 is 16.6 Å². The fourth-order valence-electron chi connectivity index (χ4n) is 4.02. The average Bonchev–Trinajstić information content (AvgIpc) is 3.31. The summed E-state index contributed by atoms with van der Waals surface area (Å²) < 4.78 is 10.7. The summed E-state index contributed by atoms with van der Waals surface area (Å²) in [7, 11) is 0. The Morgan fingerprint density at radius 3 is 2.61 bits per heavy atom. The topological polar surface area (TPSA) is 137 Å². The predicted molar refractivity (Wildman–Crippen MR) is 139 cm³/mol. The number of esters is 1. The number of rotatable bonds is 13. The van der Waals surface area contributed by atoms with Gasteiger partial charge in [-0.25, -0.2) is 0 Å². The molecule has 0 bridgehead atoms. The molecule has 3 rings (SSSR count). The van der Waals surface area contributed by atoms with Crippen LogP contribution >= 0.6 is 12.4 Å². The van der Waals surface area contributed by atoms with Gasteiger partial charge in [-0.2, -0.15) is 9.97 Å². The normalized spacial score (nSPS) is 13.2. The maximum absolute atomic E-state index is 12.4. The number of ether oxygens (including phenoxy) is 2. The standard InChI is InChI=1S/C24H34N6O5.ClH/c1-3-5-13-35-24-26-22(25)21(30(32)33)23(27-24)29(17-20(31)34-4-2)16-19-10-8-9-18(14-19)15-28-11-6-7-12-28;/h8-10,14H,3-7,11-13,15-17H2,1-2H3,(H2,25,26,27);1H. The molecule has 0 atom stereocenters. The fourth-order valence-corrected chi connectivity index (χ4v) is 4.02. The zero-order valence-corrected chi connectivity index (χ0v) is 21.7. The molecule has 36 heavy (non-hydrogen) atoms. The molecular weight excluding hydrogens is 488 g/mol. The van der Waals surface area contributed by atoms with Gasteiger partial charge in [-0.15, -0.1) is 12.4 Å². The monoisotopic (exact) mass is 522 g/mol. The first-order chi connectivity index (χ1) is 16.9. The molecule has 1 fully saturated rings. The second-order valence-electron chi connectivity index (χ2n) is 8.49. The maximum atomic E-state index is 12.4. The molecule has 0 aliphatic carbocycles. The van der Waals surface area contributed by atoms with E-state index in [1.54, 1.807) is 6.92 Å². The van der Waals surface area contributed by atoms with Crippen molar-refractivity contribution < 1.29 is 19.2 Å². The SMILES string of the molecule is CCCCOc1nc(N)c([N+](=O)[O-])c(N(CC(=O)OCC)Cc2cccc(CN3CCCC3)c2)n1.Cl. The number of aromatic nitrogens is 2. The lowest BCUT2D eigenvalue weighted by Crippen LogP contribution is -2.32. The van der Waals surface area contributed by atoms with Crippen LogP contribution in [0.5, 0.6) is 6.01 Å². The van der Waals surface area contributed by atoms with Gasteiger partial charge in [-0.1, -0.05) is 37.6 Å². The zero-order valence-electron chi connectivity index (χ0n) is 20.9. The third kappa shape index (κ3) is 8.20. The second-order valence-corrected chi connectivity index (χ2v) is 8.49. The number of nitrogens with zero attached hydrogens (tertiary/aromatic N) is 5. The van der Waals surface area contributed by atoms with Gasteiger partial charge < -0.3 is 20.1 Å². The van der Waals surface area contributed by atoms with E-state index in [2.05, 4.69) is 20.9 Å². The number of benzene rings is 1. The van der Waals surface area contributed by atoms with Crippen LogP contribution in [0.15, 0.2) is 24.3 Å². The molecule has 1 aliphatic heterocycles. The van der Waals surface area contributed by atoms with Crippen molar-refractivity contribution in [3.63, 3.8) is 0 Å². The summed E-state index contributed by atoms with van der Waals surface area (Å²) in [6, 6.07) is 7.91. The number of carbonyl (C=O) groups excluding carboxylic acids is 1. The Labute approximate surface area is 217 Å². The number of nitrogens with two attached hydrogens (primary N) is 1. The van der Waals surface area contributed by atoms with Gasteiger partial charge in [0.05, 0.1) is 18.1 Å². The average molecular weight is 523 g/mol. The lowest BCUT2D eigenvalue weighted by Gasteiger charge is -2.24. The van der Waals surface area contributed by atoms with Crippen LogP contribution in [0.25, 0.3) is 0 Å². The molecule has 0 radical (unpaired) electrons. The number of unbranched alkanes of at least 4 members (excludes halogenated alkanes) is 1. The second kappa shape index (κ2) is 14.4. The Kier molecular flexibility index (Phi) is 11.6. The zero-order chi connectivity index (χ0) is 25.2. The van der Waals surface area contributed by atoms with Crippen molar-refractivity contribution in [2.45, 2.75) is 52.6 Å². The fraction of sp³-hybridized carbons (Fsp3) is 0.542. The van der Waals surface area contributed by atoms with Crippen LogP contribution in [-0.2, 0) is 22.6 Å². The lowest BCUT2D eigenvalue weighted by molar-refractivity contribution is -0.383. The van der Waals surface area contributed by atoms with Crippen molar-refractivity contribution in [1.29, 1.82) is 0 Å². The predicted octanol–water partition coefficient (Wildman–Crippen LogP) is 3.73. The van der Waals surface area contributed by atoms with E-state index in [1.807, 2.05) is 25.1 Å². The smallest absolute Gasteiger partial charge is 0.353 e. The summed E-state index contributed by atoms with van der Waals surface area (Å²) in [5.74, 6) is -0.921. The van der Waals surface area contributed by atoms with E-state index in [4.69, 9.17) is 15.2 Å². The first kappa shape index (κ1) is 29.1. The Morgan fingerprint density at radius 1 is 1.22 bits per heavy atom. The Hall–Kier alpha value is -3.18. The van der Waals surface area contributed by atoms with Crippen molar-refractivity contribution in [2.24, 2.45) is 0 Å². The Balaban J connectivity index is 0.00000456. The van der Waals surface area contributed by atoms with E-state index in [1.165, 1.54) is 17.7 Å². The molecule has 198 valence electrons. The van der Waals surface area contributed by atoms with Crippen molar-refractivity contribution in [1.82, 2.24) is 14.9 Å². The van der Waals surface area contributed by atoms with Gasteiger partial charge in [0.25, 0.3) is 0 Å². The van der Waals surface area contributed by atoms with Crippen LogP contribution < -0.4 is 15.4 Å². The van der Waals surface area contributed by atoms with Gasteiger partial charge in [0.2, 0.25) is 11.6 Å².